The van der Waals surface area contributed by atoms with E-state index in [0.717, 1.165) is 16.7 Å². The molecule has 1 aliphatic rings. The van der Waals surface area contributed by atoms with Crippen molar-refractivity contribution >= 4 is 0 Å². The van der Waals surface area contributed by atoms with Crippen LogP contribution in [0.5, 0.6) is 0 Å². The number of ether oxygens (including phenoxy) is 4. The van der Waals surface area contributed by atoms with Crippen molar-refractivity contribution in [3.63, 3.8) is 0 Å². The molecule has 0 unspecified atom stereocenters. The molecule has 162 valence electrons. The van der Waals surface area contributed by atoms with Crippen LogP contribution in [-0.4, -0.2) is 36.3 Å². The standard InChI is InChI=1S/C26H28O5/c27-26-25(30-18-22-14-8-3-9-15-22)24(29-17-21-12-6-2-7-13-21)23(19-31-26)28-16-20-10-4-1-5-11-20/h1-15,23-27H,16-19H2/t23-,24-,25+,26-/m1/s1. The fourth-order valence-corrected chi connectivity index (χ4v) is 3.59. The number of rotatable bonds is 9. The lowest BCUT2D eigenvalue weighted by molar-refractivity contribution is -0.286. The van der Waals surface area contributed by atoms with E-state index in [0.29, 0.717) is 19.8 Å². The van der Waals surface area contributed by atoms with Crippen LogP contribution < -0.4 is 0 Å². The van der Waals surface area contributed by atoms with Crippen LogP contribution >= 0.6 is 0 Å². The van der Waals surface area contributed by atoms with Crippen LogP contribution in [-0.2, 0) is 38.8 Å². The van der Waals surface area contributed by atoms with Gasteiger partial charge in [-0.2, -0.15) is 0 Å². The molecule has 1 N–H and O–H groups in total. The Labute approximate surface area is 183 Å². The Balaban J connectivity index is 1.46. The molecule has 0 aromatic heterocycles. The first-order valence-electron chi connectivity index (χ1n) is 10.6. The monoisotopic (exact) mass is 420 g/mol. The molecule has 1 fully saturated rings. The van der Waals surface area contributed by atoms with E-state index in [-0.39, 0.29) is 12.7 Å². The molecular weight excluding hydrogens is 392 g/mol. The van der Waals surface area contributed by atoms with Gasteiger partial charge in [0.25, 0.3) is 0 Å². The largest absolute Gasteiger partial charge is 0.368 e. The first-order chi connectivity index (χ1) is 15.3. The lowest BCUT2D eigenvalue weighted by atomic mass is 10.0. The molecular formula is C26H28O5. The Morgan fingerprint density at radius 1 is 0.613 bits per heavy atom. The summed E-state index contributed by atoms with van der Waals surface area (Å²) in [6.07, 6.45) is -2.59. The lowest BCUT2D eigenvalue weighted by Crippen LogP contribution is -2.56. The van der Waals surface area contributed by atoms with Crippen molar-refractivity contribution in [2.45, 2.75) is 44.4 Å². The molecule has 0 radical (unpaired) electrons. The average molecular weight is 421 g/mol. The lowest BCUT2D eigenvalue weighted by Gasteiger charge is -2.40. The van der Waals surface area contributed by atoms with E-state index >= 15 is 0 Å². The predicted octanol–water partition coefficient (Wildman–Crippen LogP) is 4.09. The van der Waals surface area contributed by atoms with Crippen molar-refractivity contribution in [2.24, 2.45) is 0 Å². The SMILES string of the molecule is O[C@@H]1OC[C@@H](OCc2ccccc2)[C@@H](OCc2ccccc2)[C@@H]1OCc1ccccc1. The quantitative estimate of drug-likeness (QED) is 0.565. The molecule has 0 saturated carbocycles. The van der Waals surface area contributed by atoms with Crippen LogP contribution in [0.2, 0.25) is 0 Å². The van der Waals surface area contributed by atoms with Gasteiger partial charge in [-0.05, 0) is 16.7 Å². The number of benzene rings is 3. The van der Waals surface area contributed by atoms with E-state index in [9.17, 15) is 5.11 Å². The molecule has 1 heterocycles. The van der Waals surface area contributed by atoms with E-state index in [1.807, 2.05) is 91.0 Å². The fraction of sp³-hybridized carbons (Fsp3) is 0.308. The Hall–Kier alpha value is -2.54. The summed E-state index contributed by atoms with van der Waals surface area (Å²) in [5, 5.41) is 10.5. The molecule has 1 aliphatic heterocycles. The summed E-state index contributed by atoms with van der Waals surface area (Å²) >= 11 is 0. The van der Waals surface area contributed by atoms with Crippen molar-refractivity contribution in [2.75, 3.05) is 6.61 Å². The number of aliphatic hydroxyl groups is 1. The molecule has 3 aromatic carbocycles. The van der Waals surface area contributed by atoms with Gasteiger partial charge in [0.05, 0.1) is 26.4 Å². The minimum Gasteiger partial charge on any atom is -0.368 e. The molecule has 4 rings (SSSR count). The van der Waals surface area contributed by atoms with Gasteiger partial charge in [0.1, 0.15) is 18.3 Å². The third kappa shape index (κ3) is 6.23. The second-order valence-electron chi connectivity index (χ2n) is 7.58. The van der Waals surface area contributed by atoms with Crippen LogP contribution in [0.25, 0.3) is 0 Å². The minimum absolute atomic E-state index is 0.235. The Bertz CT molecular complexity index is 887. The maximum atomic E-state index is 10.5. The summed E-state index contributed by atoms with van der Waals surface area (Å²) in [6.45, 7) is 1.41. The zero-order valence-corrected chi connectivity index (χ0v) is 17.4. The number of hydrogen-bond acceptors (Lipinski definition) is 5. The smallest absolute Gasteiger partial charge is 0.183 e. The molecule has 4 atom stereocenters. The first-order valence-corrected chi connectivity index (χ1v) is 10.6. The van der Waals surface area contributed by atoms with Gasteiger partial charge in [-0.3, -0.25) is 0 Å². The zero-order valence-electron chi connectivity index (χ0n) is 17.4. The summed E-state index contributed by atoms with van der Waals surface area (Å²) in [5.41, 5.74) is 3.13. The molecule has 0 bridgehead atoms. The van der Waals surface area contributed by atoms with Crippen molar-refractivity contribution in [3.8, 4) is 0 Å². The molecule has 1 saturated heterocycles. The molecule has 0 amide bonds. The molecule has 0 aliphatic carbocycles. The highest BCUT2D eigenvalue weighted by Crippen LogP contribution is 2.25. The summed E-state index contributed by atoms with van der Waals surface area (Å²) in [7, 11) is 0. The predicted molar refractivity (Wildman–Crippen MR) is 117 cm³/mol. The summed E-state index contributed by atoms with van der Waals surface area (Å²) in [5.74, 6) is 0. The van der Waals surface area contributed by atoms with Gasteiger partial charge in [0.2, 0.25) is 0 Å². The van der Waals surface area contributed by atoms with Gasteiger partial charge in [-0.25, -0.2) is 0 Å². The summed E-state index contributed by atoms with van der Waals surface area (Å²) < 4.78 is 24.1. The number of aliphatic hydroxyl groups excluding tert-OH is 1. The Kier molecular flexibility index (Phi) is 7.82. The highest BCUT2D eigenvalue weighted by atomic mass is 16.7. The fourth-order valence-electron chi connectivity index (χ4n) is 3.59. The Morgan fingerprint density at radius 3 is 1.52 bits per heavy atom. The van der Waals surface area contributed by atoms with Gasteiger partial charge < -0.3 is 24.1 Å². The van der Waals surface area contributed by atoms with Gasteiger partial charge in [-0.15, -0.1) is 0 Å². The highest BCUT2D eigenvalue weighted by Gasteiger charge is 2.42. The van der Waals surface area contributed by atoms with Gasteiger partial charge in [-0.1, -0.05) is 91.0 Å². The molecule has 3 aromatic rings. The maximum absolute atomic E-state index is 10.5. The second-order valence-corrected chi connectivity index (χ2v) is 7.58. The van der Waals surface area contributed by atoms with Crippen LogP contribution in [0.1, 0.15) is 16.7 Å². The van der Waals surface area contributed by atoms with Gasteiger partial charge in [0.15, 0.2) is 6.29 Å². The van der Waals surface area contributed by atoms with E-state index in [1.54, 1.807) is 0 Å². The molecule has 0 spiro atoms. The molecule has 5 nitrogen and oxygen atoms in total. The minimum atomic E-state index is -1.08. The summed E-state index contributed by atoms with van der Waals surface area (Å²) in [4.78, 5) is 0. The molecule has 31 heavy (non-hydrogen) atoms. The normalized spacial score (nSPS) is 23.5. The van der Waals surface area contributed by atoms with Gasteiger partial charge in [0, 0.05) is 0 Å². The summed E-state index contributed by atoms with van der Waals surface area (Å²) in [6, 6.07) is 29.8. The van der Waals surface area contributed by atoms with Crippen LogP contribution in [0.15, 0.2) is 91.0 Å². The van der Waals surface area contributed by atoms with Crippen molar-refractivity contribution in [1.82, 2.24) is 0 Å². The van der Waals surface area contributed by atoms with Crippen molar-refractivity contribution in [3.05, 3.63) is 108 Å². The average Bonchev–Trinajstić information content (AvgIpc) is 2.83. The molecule has 5 heteroatoms. The van der Waals surface area contributed by atoms with E-state index in [2.05, 4.69) is 0 Å². The van der Waals surface area contributed by atoms with Crippen molar-refractivity contribution in [1.29, 1.82) is 0 Å². The van der Waals surface area contributed by atoms with Crippen LogP contribution in [0.4, 0.5) is 0 Å². The third-order valence-corrected chi connectivity index (χ3v) is 5.28. The first kappa shape index (κ1) is 21.7. The van der Waals surface area contributed by atoms with E-state index < -0.39 is 18.5 Å². The van der Waals surface area contributed by atoms with E-state index in [4.69, 9.17) is 18.9 Å². The Morgan fingerprint density at radius 2 is 1.03 bits per heavy atom. The third-order valence-electron chi connectivity index (χ3n) is 5.28. The van der Waals surface area contributed by atoms with Crippen molar-refractivity contribution < 1.29 is 24.1 Å². The number of hydrogen-bond donors (Lipinski definition) is 1. The highest BCUT2D eigenvalue weighted by molar-refractivity contribution is 5.15. The second kappa shape index (κ2) is 11.2. The van der Waals surface area contributed by atoms with E-state index in [1.165, 1.54) is 0 Å². The van der Waals surface area contributed by atoms with Crippen LogP contribution in [0, 0.1) is 0 Å². The maximum Gasteiger partial charge on any atom is 0.183 e. The zero-order chi connectivity index (χ0) is 21.3. The van der Waals surface area contributed by atoms with Crippen LogP contribution in [0.3, 0.4) is 0 Å². The van der Waals surface area contributed by atoms with Gasteiger partial charge >= 0.3 is 0 Å². The topological polar surface area (TPSA) is 57.2 Å².